The summed E-state index contributed by atoms with van der Waals surface area (Å²) in [5, 5.41) is 8.76. The molecule has 0 fully saturated rings. The molecule has 2 rings (SSSR count). The zero-order chi connectivity index (χ0) is 14.9. The van der Waals surface area contributed by atoms with Gasteiger partial charge in [0.05, 0.1) is 16.8 Å². The van der Waals surface area contributed by atoms with E-state index < -0.39 is 43.7 Å². The number of aromatic carboxylic acids is 1. The van der Waals surface area contributed by atoms with Gasteiger partial charge in [0.2, 0.25) is 0 Å². The van der Waals surface area contributed by atoms with Crippen molar-refractivity contribution in [2.45, 2.75) is 10.6 Å². The lowest BCUT2D eigenvalue weighted by molar-refractivity contribution is 0.0696. The topological polar surface area (TPSA) is 84.3 Å². The molecule has 106 valence electrons. The first-order chi connectivity index (χ1) is 9.31. The van der Waals surface area contributed by atoms with Crippen LogP contribution in [-0.2, 0) is 15.6 Å². The number of thiazole rings is 1. The number of aromatic nitrogens is 1. The number of hydrogen-bond acceptors (Lipinski definition) is 5. The minimum absolute atomic E-state index is 0.338. The number of hydrogen-bond donors (Lipinski definition) is 1. The summed E-state index contributed by atoms with van der Waals surface area (Å²) in [5.74, 6) is -5.22. The maximum absolute atomic E-state index is 13.6. The molecule has 9 heteroatoms. The number of rotatable bonds is 4. The molecule has 0 aliphatic heterocycles. The quantitative estimate of drug-likeness (QED) is 0.933. The summed E-state index contributed by atoms with van der Waals surface area (Å²) in [6.45, 7) is 0. The lowest BCUT2D eigenvalue weighted by Gasteiger charge is -2.06. The molecular formula is C11H7F2NO4S2. The molecule has 0 amide bonds. The molecule has 1 aromatic carbocycles. The highest BCUT2D eigenvalue weighted by Gasteiger charge is 2.25. The Hall–Kier alpha value is -1.87. The molecule has 0 unspecified atom stereocenters. The Balaban J connectivity index is 2.53. The molecule has 1 N–H and O–H groups in total. The minimum Gasteiger partial charge on any atom is -0.478 e. The van der Waals surface area contributed by atoms with Crippen molar-refractivity contribution in [3.63, 3.8) is 0 Å². The predicted octanol–water partition coefficient (Wildman–Crippen LogP) is 2.09. The highest BCUT2D eigenvalue weighted by atomic mass is 32.2. The Morgan fingerprint density at radius 3 is 2.60 bits per heavy atom. The molecule has 0 aliphatic rings. The van der Waals surface area contributed by atoms with E-state index in [1.54, 1.807) is 0 Å². The van der Waals surface area contributed by atoms with Gasteiger partial charge in [-0.15, -0.1) is 11.3 Å². The predicted molar refractivity (Wildman–Crippen MR) is 66.3 cm³/mol. The third-order valence-corrected chi connectivity index (χ3v) is 5.01. The second kappa shape index (κ2) is 5.25. The van der Waals surface area contributed by atoms with Crippen LogP contribution in [0, 0.1) is 11.6 Å². The first-order valence-electron chi connectivity index (χ1n) is 5.13. The fourth-order valence-electron chi connectivity index (χ4n) is 1.49. The second-order valence-electron chi connectivity index (χ2n) is 3.80. The lowest BCUT2D eigenvalue weighted by atomic mass is 10.2. The van der Waals surface area contributed by atoms with Crippen molar-refractivity contribution >= 4 is 27.1 Å². The van der Waals surface area contributed by atoms with Gasteiger partial charge in [0.1, 0.15) is 4.90 Å². The molecule has 20 heavy (non-hydrogen) atoms. The van der Waals surface area contributed by atoms with Crippen molar-refractivity contribution in [3.05, 3.63) is 45.9 Å². The molecule has 0 bridgehead atoms. The van der Waals surface area contributed by atoms with Crippen molar-refractivity contribution in [3.8, 4) is 0 Å². The Morgan fingerprint density at radius 1 is 1.35 bits per heavy atom. The fraction of sp³-hybridized carbons (Fsp3) is 0.0909. The highest BCUT2D eigenvalue weighted by Crippen LogP contribution is 2.24. The van der Waals surface area contributed by atoms with Gasteiger partial charge in [-0.05, 0) is 12.1 Å². The molecule has 1 aromatic heterocycles. The van der Waals surface area contributed by atoms with Gasteiger partial charge in [0, 0.05) is 11.1 Å². The molecule has 1 heterocycles. The van der Waals surface area contributed by atoms with Crippen LogP contribution in [0.15, 0.2) is 28.7 Å². The number of halogens is 2. The largest absolute Gasteiger partial charge is 0.478 e. The molecule has 5 nitrogen and oxygen atoms in total. The van der Waals surface area contributed by atoms with Crippen molar-refractivity contribution in [1.29, 1.82) is 0 Å². The standard InChI is InChI=1S/C11H7F2NO4S2/c12-8-1-6(11(15)16)2-9(10(8)13)20(17,18)4-7-3-14-5-19-7/h1-3,5H,4H2,(H,15,16). The third kappa shape index (κ3) is 2.83. The van der Waals surface area contributed by atoms with Gasteiger partial charge in [0.15, 0.2) is 21.5 Å². The molecule has 0 saturated carbocycles. The summed E-state index contributed by atoms with van der Waals surface area (Å²) in [7, 11) is -4.20. The van der Waals surface area contributed by atoms with Crippen molar-refractivity contribution in [1.82, 2.24) is 4.98 Å². The van der Waals surface area contributed by atoms with E-state index in [9.17, 15) is 22.0 Å². The first-order valence-corrected chi connectivity index (χ1v) is 7.67. The summed E-state index contributed by atoms with van der Waals surface area (Å²) in [4.78, 5) is 13.8. The number of carboxylic acids is 1. The Kier molecular flexibility index (Phi) is 3.82. The Bertz CT molecular complexity index is 757. The highest BCUT2D eigenvalue weighted by molar-refractivity contribution is 7.90. The zero-order valence-electron chi connectivity index (χ0n) is 9.71. The summed E-state index contributed by atoms with van der Waals surface area (Å²) in [5.41, 5.74) is 0.766. The van der Waals surface area contributed by atoms with Gasteiger partial charge >= 0.3 is 5.97 Å². The maximum Gasteiger partial charge on any atom is 0.335 e. The Labute approximate surface area is 116 Å². The monoisotopic (exact) mass is 319 g/mol. The van der Waals surface area contributed by atoms with Crippen LogP contribution in [0.5, 0.6) is 0 Å². The van der Waals surface area contributed by atoms with E-state index in [1.807, 2.05) is 0 Å². The van der Waals surface area contributed by atoms with Crippen LogP contribution in [0.25, 0.3) is 0 Å². The van der Waals surface area contributed by atoms with E-state index in [1.165, 1.54) is 11.7 Å². The van der Waals surface area contributed by atoms with Gasteiger partial charge in [-0.3, -0.25) is 4.98 Å². The van der Waals surface area contributed by atoms with Crippen LogP contribution in [0.2, 0.25) is 0 Å². The molecule has 0 saturated heterocycles. The van der Waals surface area contributed by atoms with E-state index in [0.29, 0.717) is 17.0 Å². The summed E-state index contributed by atoms with van der Waals surface area (Å²) in [6, 6.07) is 1.04. The summed E-state index contributed by atoms with van der Waals surface area (Å²) < 4.78 is 51.0. The summed E-state index contributed by atoms with van der Waals surface area (Å²) >= 11 is 1.04. The van der Waals surface area contributed by atoms with Crippen molar-refractivity contribution in [2.75, 3.05) is 0 Å². The lowest BCUT2D eigenvalue weighted by Crippen LogP contribution is -2.10. The van der Waals surface area contributed by atoms with Gasteiger partial charge < -0.3 is 5.11 Å². The minimum atomic E-state index is -4.20. The van der Waals surface area contributed by atoms with Crippen LogP contribution in [0.4, 0.5) is 8.78 Å². The molecule has 2 aromatic rings. The van der Waals surface area contributed by atoms with Gasteiger partial charge in [-0.2, -0.15) is 0 Å². The van der Waals surface area contributed by atoms with Gasteiger partial charge in [0.25, 0.3) is 0 Å². The third-order valence-electron chi connectivity index (χ3n) is 2.39. The van der Waals surface area contributed by atoms with Crippen LogP contribution >= 0.6 is 11.3 Å². The second-order valence-corrected chi connectivity index (χ2v) is 6.73. The number of carbonyl (C=O) groups is 1. The molecular weight excluding hydrogens is 312 g/mol. The molecule has 0 radical (unpaired) electrons. The first kappa shape index (κ1) is 14.5. The average molecular weight is 319 g/mol. The Morgan fingerprint density at radius 2 is 2.05 bits per heavy atom. The van der Waals surface area contributed by atoms with Gasteiger partial charge in [-0.1, -0.05) is 0 Å². The van der Waals surface area contributed by atoms with Crippen molar-refractivity contribution in [2.24, 2.45) is 0 Å². The number of benzene rings is 1. The maximum atomic E-state index is 13.6. The fourth-order valence-corrected chi connectivity index (χ4v) is 3.89. The number of sulfone groups is 1. The van der Waals surface area contributed by atoms with E-state index in [2.05, 4.69) is 4.98 Å². The van der Waals surface area contributed by atoms with Crippen LogP contribution in [0.3, 0.4) is 0 Å². The summed E-state index contributed by atoms with van der Waals surface area (Å²) in [6.07, 6.45) is 1.29. The van der Waals surface area contributed by atoms with E-state index in [-0.39, 0.29) is 0 Å². The van der Waals surface area contributed by atoms with Crippen molar-refractivity contribution < 1.29 is 27.1 Å². The average Bonchev–Trinajstić information content (AvgIpc) is 2.83. The molecule has 0 aliphatic carbocycles. The van der Waals surface area contributed by atoms with Gasteiger partial charge in [-0.25, -0.2) is 22.0 Å². The molecule has 0 spiro atoms. The van der Waals surface area contributed by atoms with Crippen LogP contribution in [0.1, 0.15) is 15.2 Å². The SMILES string of the molecule is O=C(O)c1cc(F)c(F)c(S(=O)(=O)Cc2cncs2)c1. The molecule has 0 atom stereocenters. The smallest absolute Gasteiger partial charge is 0.335 e. The zero-order valence-corrected chi connectivity index (χ0v) is 11.3. The van der Waals surface area contributed by atoms with E-state index in [0.717, 1.165) is 11.3 Å². The number of nitrogens with zero attached hydrogens (tertiary/aromatic N) is 1. The van der Waals surface area contributed by atoms with E-state index in [4.69, 9.17) is 5.11 Å². The van der Waals surface area contributed by atoms with Crippen LogP contribution < -0.4 is 0 Å². The van der Waals surface area contributed by atoms with E-state index >= 15 is 0 Å². The van der Waals surface area contributed by atoms with Crippen LogP contribution in [-0.4, -0.2) is 24.5 Å². The number of carboxylic acid groups (broad SMARTS) is 1. The normalized spacial score (nSPS) is 11.5.